The molecule has 0 saturated heterocycles. The predicted octanol–water partition coefficient (Wildman–Crippen LogP) is 2.63. The number of halogens is 2. The Morgan fingerprint density at radius 1 is 1.23 bits per heavy atom. The van der Waals surface area contributed by atoms with Gasteiger partial charge in [-0.15, -0.1) is 0 Å². The number of likely N-dealkylation sites (N-methyl/N-ethyl adjacent to an activating group) is 1. The van der Waals surface area contributed by atoms with Gasteiger partial charge in [0.2, 0.25) is 0 Å². The van der Waals surface area contributed by atoms with E-state index in [1.165, 1.54) is 0 Å². The molecule has 13 heavy (non-hydrogen) atoms. The average molecular weight is 223 g/mol. The van der Waals surface area contributed by atoms with E-state index in [1.54, 1.807) is 0 Å². The van der Waals surface area contributed by atoms with Gasteiger partial charge in [0.15, 0.2) is 5.12 Å². The molecule has 0 aromatic rings. The van der Waals surface area contributed by atoms with Gasteiger partial charge < -0.3 is 4.90 Å². The van der Waals surface area contributed by atoms with Gasteiger partial charge in [-0.25, -0.2) is 4.90 Å². The second kappa shape index (κ2) is 3.04. The highest BCUT2D eigenvalue weighted by Gasteiger charge is 2.45. The van der Waals surface area contributed by atoms with Crippen molar-refractivity contribution in [2.75, 3.05) is 14.1 Å². The van der Waals surface area contributed by atoms with Crippen molar-refractivity contribution < 1.29 is 0 Å². The summed E-state index contributed by atoms with van der Waals surface area (Å²) in [6.45, 7) is 5.89. The zero-order valence-corrected chi connectivity index (χ0v) is 10.2. The summed E-state index contributed by atoms with van der Waals surface area (Å²) in [6, 6.07) is 0. The number of hydrogen-bond donors (Lipinski definition) is 0. The van der Waals surface area contributed by atoms with Crippen LogP contribution in [0.2, 0.25) is 0 Å². The van der Waals surface area contributed by atoms with Crippen LogP contribution < -0.4 is 0 Å². The third kappa shape index (κ3) is 1.56. The first-order chi connectivity index (χ1) is 5.70. The standard InChI is InChI=1S/C9H16Cl2N2/c1-7-6-12(4)9(3,11)13(5)8(7,2)10/h6H,1-5H3. The Balaban J connectivity index is 3.16. The number of nitrogens with zero attached hydrogens (tertiary/aromatic N) is 2. The molecule has 2 atom stereocenters. The van der Waals surface area contributed by atoms with E-state index < -0.39 is 10.1 Å². The number of hydrogen-bond acceptors (Lipinski definition) is 2. The van der Waals surface area contributed by atoms with E-state index in [0.717, 1.165) is 5.57 Å². The summed E-state index contributed by atoms with van der Waals surface area (Å²) in [5.74, 6) is 0. The third-order valence-electron chi connectivity index (χ3n) is 2.99. The highest BCUT2D eigenvalue weighted by atomic mass is 35.5. The molecule has 0 bridgehead atoms. The normalized spacial score (nSPS) is 42.1. The van der Waals surface area contributed by atoms with Crippen molar-refractivity contribution in [2.45, 2.75) is 30.9 Å². The molecular weight excluding hydrogens is 207 g/mol. The molecule has 0 aromatic heterocycles. The summed E-state index contributed by atoms with van der Waals surface area (Å²) in [6.07, 6.45) is 1.99. The molecule has 0 aromatic carbocycles. The molecule has 0 amide bonds. The molecule has 2 unspecified atom stereocenters. The summed E-state index contributed by atoms with van der Waals surface area (Å²) in [5, 5.41) is -0.560. The molecule has 0 saturated carbocycles. The lowest BCUT2D eigenvalue weighted by atomic mass is 10.1. The van der Waals surface area contributed by atoms with E-state index in [-0.39, 0.29) is 0 Å². The first kappa shape index (κ1) is 11.2. The summed E-state index contributed by atoms with van der Waals surface area (Å²) in [7, 11) is 3.87. The van der Waals surface area contributed by atoms with Crippen LogP contribution in [-0.2, 0) is 0 Å². The topological polar surface area (TPSA) is 6.48 Å². The van der Waals surface area contributed by atoms with Crippen molar-refractivity contribution in [1.29, 1.82) is 0 Å². The van der Waals surface area contributed by atoms with Crippen LogP contribution in [0.1, 0.15) is 20.8 Å². The highest BCUT2D eigenvalue weighted by Crippen LogP contribution is 2.41. The lowest BCUT2D eigenvalue weighted by molar-refractivity contribution is 0.0382. The maximum absolute atomic E-state index is 6.37. The largest absolute Gasteiger partial charge is 0.350 e. The third-order valence-corrected chi connectivity index (χ3v) is 4.06. The molecule has 0 spiro atoms. The fraction of sp³-hybridized carbons (Fsp3) is 0.778. The van der Waals surface area contributed by atoms with Crippen molar-refractivity contribution in [3.05, 3.63) is 11.8 Å². The summed E-state index contributed by atoms with van der Waals surface area (Å²) >= 11 is 12.7. The van der Waals surface area contributed by atoms with E-state index in [0.29, 0.717) is 0 Å². The van der Waals surface area contributed by atoms with Crippen LogP contribution in [0, 0.1) is 0 Å². The lowest BCUT2D eigenvalue weighted by Crippen LogP contribution is -2.60. The Morgan fingerprint density at radius 2 is 1.69 bits per heavy atom. The first-order valence-corrected chi connectivity index (χ1v) is 5.00. The van der Waals surface area contributed by atoms with Crippen molar-refractivity contribution in [1.82, 2.24) is 9.80 Å². The van der Waals surface area contributed by atoms with Crippen LogP contribution in [0.4, 0.5) is 0 Å². The second-order valence-electron chi connectivity index (χ2n) is 3.84. The Bertz CT molecular complexity index is 246. The van der Waals surface area contributed by atoms with Crippen molar-refractivity contribution in [2.24, 2.45) is 0 Å². The predicted molar refractivity (Wildman–Crippen MR) is 57.8 cm³/mol. The van der Waals surface area contributed by atoms with Crippen molar-refractivity contribution in [3.8, 4) is 0 Å². The molecule has 0 radical (unpaired) electrons. The van der Waals surface area contributed by atoms with Gasteiger partial charge >= 0.3 is 0 Å². The van der Waals surface area contributed by atoms with Gasteiger partial charge in [0.1, 0.15) is 5.00 Å². The zero-order chi connectivity index (χ0) is 10.4. The second-order valence-corrected chi connectivity index (χ2v) is 5.29. The molecule has 1 aliphatic rings. The molecule has 0 fully saturated rings. The summed E-state index contributed by atoms with van der Waals surface area (Å²) in [4.78, 5) is 3.40. The number of rotatable bonds is 0. The molecule has 0 aliphatic carbocycles. The van der Waals surface area contributed by atoms with Gasteiger partial charge in [-0.3, -0.25) is 0 Å². The molecule has 4 heteroatoms. The molecule has 76 valence electrons. The smallest absolute Gasteiger partial charge is 0.169 e. The summed E-state index contributed by atoms with van der Waals surface area (Å²) < 4.78 is 0. The Hall–Kier alpha value is 0.0800. The van der Waals surface area contributed by atoms with Crippen LogP contribution in [0.15, 0.2) is 11.8 Å². The van der Waals surface area contributed by atoms with Crippen LogP contribution >= 0.6 is 23.2 Å². The molecule has 1 heterocycles. The quantitative estimate of drug-likeness (QED) is 0.460. The minimum absolute atomic E-state index is 0.497. The van der Waals surface area contributed by atoms with Crippen LogP contribution in [-0.4, -0.2) is 34.0 Å². The van der Waals surface area contributed by atoms with Crippen molar-refractivity contribution >= 4 is 23.2 Å². The van der Waals surface area contributed by atoms with Crippen molar-refractivity contribution in [3.63, 3.8) is 0 Å². The van der Waals surface area contributed by atoms with Gasteiger partial charge in [-0.2, -0.15) is 0 Å². The van der Waals surface area contributed by atoms with Gasteiger partial charge in [0, 0.05) is 13.2 Å². The fourth-order valence-corrected chi connectivity index (χ4v) is 1.88. The van der Waals surface area contributed by atoms with Crippen LogP contribution in [0.3, 0.4) is 0 Å². The van der Waals surface area contributed by atoms with E-state index >= 15 is 0 Å². The molecule has 1 rings (SSSR count). The van der Waals surface area contributed by atoms with Gasteiger partial charge in [0.05, 0.1) is 0 Å². The van der Waals surface area contributed by atoms with Gasteiger partial charge in [0.25, 0.3) is 0 Å². The molecule has 0 N–H and O–H groups in total. The minimum Gasteiger partial charge on any atom is -0.350 e. The molecule has 2 nitrogen and oxygen atoms in total. The molecule has 1 aliphatic heterocycles. The van der Waals surface area contributed by atoms with E-state index in [1.807, 2.05) is 50.9 Å². The number of alkyl halides is 2. The van der Waals surface area contributed by atoms with E-state index in [2.05, 4.69) is 0 Å². The van der Waals surface area contributed by atoms with Crippen LogP contribution in [0.5, 0.6) is 0 Å². The average Bonchev–Trinajstić information content (AvgIpc) is 2.00. The van der Waals surface area contributed by atoms with Gasteiger partial charge in [-0.1, -0.05) is 23.2 Å². The lowest BCUT2D eigenvalue weighted by Gasteiger charge is -2.51. The SMILES string of the molecule is CC1=CN(C)C(C)(Cl)N(C)C1(C)Cl. The van der Waals surface area contributed by atoms with Gasteiger partial charge in [-0.05, 0) is 33.4 Å². The van der Waals surface area contributed by atoms with E-state index in [4.69, 9.17) is 23.2 Å². The maximum atomic E-state index is 6.37. The monoisotopic (exact) mass is 222 g/mol. The Labute approximate surface area is 90.1 Å². The summed E-state index contributed by atoms with van der Waals surface area (Å²) in [5.41, 5.74) is 1.09. The Morgan fingerprint density at radius 3 is 2.15 bits per heavy atom. The first-order valence-electron chi connectivity index (χ1n) is 4.24. The zero-order valence-electron chi connectivity index (χ0n) is 8.73. The fourth-order valence-electron chi connectivity index (χ4n) is 1.41. The Kier molecular flexibility index (Phi) is 2.61. The highest BCUT2D eigenvalue weighted by molar-refractivity contribution is 6.27. The minimum atomic E-state index is -0.560. The maximum Gasteiger partial charge on any atom is 0.169 e. The molecular formula is C9H16Cl2N2. The van der Waals surface area contributed by atoms with E-state index in [9.17, 15) is 0 Å². The van der Waals surface area contributed by atoms with Crippen LogP contribution in [0.25, 0.3) is 0 Å².